The van der Waals surface area contributed by atoms with Gasteiger partial charge in [0.25, 0.3) is 0 Å². The van der Waals surface area contributed by atoms with Crippen molar-refractivity contribution >= 4 is 11.1 Å². The van der Waals surface area contributed by atoms with Gasteiger partial charge in [-0.05, 0) is 25.1 Å². The Morgan fingerprint density at radius 2 is 2.04 bits per heavy atom. The van der Waals surface area contributed by atoms with Gasteiger partial charge >= 0.3 is 0 Å². The third-order valence-electron chi connectivity index (χ3n) is 5.09. The second-order valence-corrected chi connectivity index (χ2v) is 7.28. The highest BCUT2D eigenvalue weighted by Crippen LogP contribution is 2.23. The standard InChI is InChI=1S/C20H26N4O/c1-14(2)20-22-16-13-24(12-10-17(16)23(20)3)11-6-9-19-21-15-7-4-5-8-18(15)25-19/h4-5,7-8,14H,6,9-13H2,1-3H3. The molecule has 4 rings (SSSR count). The van der Waals surface area contributed by atoms with Crippen LogP contribution < -0.4 is 0 Å². The minimum Gasteiger partial charge on any atom is -0.441 e. The summed E-state index contributed by atoms with van der Waals surface area (Å²) >= 11 is 0. The van der Waals surface area contributed by atoms with Crippen molar-refractivity contribution in [2.24, 2.45) is 7.05 Å². The summed E-state index contributed by atoms with van der Waals surface area (Å²) in [5, 5.41) is 0. The Labute approximate surface area is 148 Å². The summed E-state index contributed by atoms with van der Waals surface area (Å²) in [4.78, 5) is 12.0. The van der Waals surface area contributed by atoms with Crippen molar-refractivity contribution in [1.29, 1.82) is 0 Å². The molecule has 0 aliphatic carbocycles. The maximum Gasteiger partial charge on any atom is 0.195 e. The summed E-state index contributed by atoms with van der Waals surface area (Å²) in [6.07, 6.45) is 3.04. The van der Waals surface area contributed by atoms with Gasteiger partial charge in [0.1, 0.15) is 11.3 Å². The molecule has 0 unspecified atom stereocenters. The normalized spacial score (nSPS) is 15.2. The molecule has 0 saturated heterocycles. The zero-order chi connectivity index (χ0) is 17.4. The van der Waals surface area contributed by atoms with E-state index in [0.29, 0.717) is 5.92 Å². The van der Waals surface area contributed by atoms with Gasteiger partial charge in [0.05, 0.1) is 5.69 Å². The van der Waals surface area contributed by atoms with E-state index in [9.17, 15) is 0 Å². The van der Waals surface area contributed by atoms with Crippen LogP contribution in [0.5, 0.6) is 0 Å². The van der Waals surface area contributed by atoms with E-state index in [4.69, 9.17) is 9.40 Å². The average Bonchev–Trinajstić information content (AvgIpc) is 3.15. The zero-order valence-corrected chi connectivity index (χ0v) is 15.3. The van der Waals surface area contributed by atoms with Crippen LogP contribution in [0.2, 0.25) is 0 Å². The van der Waals surface area contributed by atoms with E-state index in [-0.39, 0.29) is 0 Å². The molecule has 5 heteroatoms. The molecule has 0 N–H and O–H groups in total. The largest absolute Gasteiger partial charge is 0.441 e. The van der Waals surface area contributed by atoms with Crippen molar-refractivity contribution in [3.63, 3.8) is 0 Å². The predicted molar refractivity (Wildman–Crippen MR) is 98.6 cm³/mol. The van der Waals surface area contributed by atoms with Crippen LogP contribution in [-0.4, -0.2) is 32.5 Å². The Kier molecular flexibility index (Phi) is 4.34. The number of fused-ring (bicyclic) bond motifs is 2. The van der Waals surface area contributed by atoms with Gasteiger partial charge < -0.3 is 8.98 Å². The Morgan fingerprint density at radius 3 is 2.84 bits per heavy atom. The molecule has 0 saturated carbocycles. The number of aromatic nitrogens is 3. The lowest BCUT2D eigenvalue weighted by Gasteiger charge is -2.26. The number of hydrogen-bond donors (Lipinski definition) is 0. The second-order valence-electron chi connectivity index (χ2n) is 7.28. The molecule has 0 atom stereocenters. The van der Waals surface area contributed by atoms with Crippen LogP contribution >= 0.6 is 0 Å². The average molecular weight is 338 g/mol. The first kappa shape index (κ1) is 16.3. The smallest absolute Gasteiger partial charge is 0.195 e. The molecule has 0 bridgehead atoms. The van der Waals surface area contributed by atoms with Gasteiger partial charge in [-0.2, -0.15) is 0 Å². The van der Waals surface area contributed by atoms with Gasteiger partial charge in [-0.15, -0.1) is 0 Å². The molecule has 0 spiro atoms. The molecular weight excluding hydrogens is 312 g/mol. The summed E-state index contributed by atoms with van der Waals surface area (Å²) in [5.74, 6) is 2.53. The lowest BCUT2D eigenvalue weighted by molar-refractivity contribution is 0.243. The Bertz CT molecular complexity index is 844. The number of hydrogen-bond acceptors (Lipinski definition) is 4. The van der Waals surface area contributed by atoms with Crippen LogP contribution in [0.4, 0.5) is 0 Å². The van der Waals surface area contributed by atoms with Crippen LogP contribution in [-0.2, 0) is 26.4 Å². The highest BCUT2D eigenvalue weighted by atomic mass is 16.3. The molecule has 5 nitrogen and oxygen atoms in total. The molecule has 0 radical (unpaired) electrons. The lowest BCUT2D eigenvalue weighted by atomic mass is 10.1. The van der Waals surface area contributed by atoms with Gasteiger partial charge in [0.2, 0.25) is 0 Å². The van der Waals surface area contributed by atoms with Crippen molar-refractivity contribution in [2.75, 3.05) is 13.1 Å². The topological polar surface area (TPSA) is 47.1 Å². The number of imidazole rings is 1. The number of oxazole rings is 1. The lowest BCUT2D eigenvalue weighted by Crippen LogP contribution is -2.32. The molecule has 25 heavy (non-hydrogen) atoms. The first-order valence-corrected chi connectivity index (χ1v) is 9.23. The van der Waals surface area contributed by atoms with E-state index in [1.165, 1.54) is 17.2 Å². The van der Waals surface area contributed by atoms with E-state index >= 15 is 0 Å². The Balaban J connectivity index is 1.36. The maximum atomic E-state index is 5.81. The van der Waals surface area contributed by atoms with Crippen molar-refractivity contribution in [2.45, 2.75) is 45.6 Å². The zero-order valence-electron chi connectivity index (χ0n) is 15.3. The fourth-order valence-electron chi connectivity index (χ4n) is 3.79. The van der Waals surface area contributed by atoms with E-state index in [1.54, 1.807) is 0 Å². The van der Waals surface area contributed by atoms with Crippen molar-refractivity contribution in [3.8, 4) is 0 Å². The third-order valence-corrected chi connectivity index (χ3v) is 5.09. The monoisotopic (exact) mass is 338 g/mol. The van der Waals surface area contributed by atoms with E-state index < -0.39 is 0 Å². The van der Waals surface area contributed by atoms with Gasteiger partial charge in [-0.25, -0.2) is 9.97 Å². The van der Waals surface area contributed by atoms with Crippen molar-refractivity contribution in [3.05, 3.63) is 47.4 Å². The van der Waals surface area contributed by atoms with Crippen LogP contribution in [0.1, 0.15) is 49.3 Å². The van der Waals surface area contributed by atoms with E-state index in [0.717, 1.165) is 55.9 Å². The summed E-state index contributed by atoms with van der Waals surface area (Å²) in [6, 6.07) is 7.96. The highest BCUT2D eigenvalue weighted by Gasteiger charge is 2.23. The van der Waals surface area contributed by atoms with Crippen molar-refractivity contribution in [1.82, 2.24) is 19.4 Å². The fraction of sp³-hybridized carbons (Fsp3) is 0.500. The Morgan fingerprint density at radius 1 is 1.20 bits per heavy atom. The maximum absolute atomic E-state index is 5.81. The fourth-order valence-corrected chi connectivity index (χ4v) is 3.79. The second kappa shape index (κ2) is 6.64. The van der Waals surface area contributed by atoms with Crippen molar-refractivity contribution < 1.29 is 4.42 Å². The molecule has 0 amide bonds. The van der Waals surface area contributed by atoms with Gasteiger partial charge in [0, 0.05) is 44.6 Å². The van der Waals surface area contributed by atoms with Gasteiger partial charge in [-0.3, -0.25) is 4.90 Å². The number of rotatable bonds is 5. The highest BCUT2D eigenvalue weighted by molar-refractivity contribution is 5.72. The quantitative estimate of drug-likeness (QED) is 0.712. The van der Waals surface area contributed by atoms with Gasteiger partial charge in [-0.1, -0.05) is 26.0 Å². The number of aryl methyl sites for hydroxylation is 1. The molecule has 3 aromatic rings. The number of nitrogens with zero attached hydrogens (tertiary/aromatic N) is 4. The van der Waals surface area contributed by atoms with E-state index in [2.05, 4.69) is 35.3 Å². The minimum atomic E-state index is 0.475. The van der Waals surface area contributed by atoms with Gasteiger partial charge in [0.15, 0.2) is 11.5 Å². The molecule has 2 aromatic heterocycles. The number of benzene rings is 1. The third kappa shape index (κ3) is 3.21. The first-order valence-electron chi connectivity index (χ1n) is 9.23. The molecule has 1 aliphatic heterocycles. The molecular formula is C20H26N4O. The molecule has 3 heterocycles. The number of para-hydroxylation sites is 2. The molecule has 0 fully saturated rings. The van der Waals surface area contributed by atoms with Crippen LogP contribution in [0, 0.1) is 0 Å². The molecule has 1 aliphatic rings. The summed E-state index contributed by atoms with van der Waals surface area (Å²) in [6.45, 7) is 7.56. The van der Waals surface area contributed by atoms with Crippen LogP contribution in [0.3, 0.4) is 0 Å². The summed E-state index contributed by atoms with van der Waals surface area (Å²) < 4.78 is 8.12. The summed E-state index contributed by atoms with van der Waals surface area (Å²) in [7, 11) is 2.16. The summed E-state index contributed by atoms with van der Waals surface area (Å²) in [5.41, 5.74) is 4.52. The SMILES string of the molecule is CC(C)c1nc2c(n1C)CCN(CCCc1nc3ccccc3o1)C2. The Hall–Kier alpha value is -2.14. The minimum absolute atomic E-state index is 0.475. The van der Waals surface area contributed by atoms with Crippen LogP contribution in [0.25, 0.3) is 11.1 Å². The first-order chi connectivity index (χ1) is 12.1. The molecule has 1 aromatic carbocycles. The molecule has 132 valence electrons. The van der Waals surface area contributed by atoms with E-state index in [1.807, 2.05) is 24.3 Å². The predicted octanol–water partition coefficient (Wildman–Crippen LogP) is 3.68. The van der Waals surface area contributed by atoms with Crippen LogP contribution in [0.15, 0.2) is 28.7 Å².